The Hall–Kier alpha value is -1.89. The molecule has 0 aliphatic carbocycles. The van der Waals surface area contributed by atoms with Crippen molar-refractivity contribution in [1.82, 2.24) is 14.5 Å². The first-order valence-corrected chi connectivity index (χ1v) is 7.87. The van der Waals surface area contributed by atoms with Crippen LogP contribution in [0.15, 0.2) is 5.38 Å². The molecule has 0 aliphatic heterocycles. The summed E-state index contributed by atoms with van der Waals surface area (Å²) in [6.45, 7) is 6.70. The van der Waals surface area contributed by atoms with E-state index in [0.717, 1.165) is 22.9 Å². The number of hydrogen-bond donors (Lipinski definition) is 1. The van der Waals surface area contributed by atoms with E-state index in [0.29, 0.717) is 25.4 Å². The maximum atomic E-state index is 11.8. The number of nitrogens with two attached hydrogens (primary N) is 1. The maximum absolute atomic E-state index is 11.8. The van der Waals surface area contributed by atoms with Gasteiger partial charge in [0.25, 0.3) is 0 Å². The van der Waals surface area contributed by atoms with Crippen LogP contribution < -0.4 is 5.73 Å². The van der Waals surface area contributed by atoms with Gasteiger partial charge in [0.05, 0.1) is 17.3 Å². The molecule has 0 saturated carbocycles. The Morgan fingerprint density at radius 3 is 2.76 bits per heavy atom. The Bertz CT molecular complexity index is 633. The minimum Gasteiger partial charge on any atom is -0.461 e. The highest BCUT2D eigenvalue weighted by molar-refractivity contribution is 7.09. The summed E-state index contributed by atoms with van der Waals surface area (Å²) < 4.78 is 6.86. The second kappa shape index (κ2) is 6.71. The maximum Gasteiger partial charge on any atom is 0.360 e. The van der Waals surface area contributed by atoms with Gasteiger partial charge in [-0.3, -0.25) is 0 Å². The average molecular weight is 308 g/mol. The van der Waals surface area contributed by atoms with E-state index in [-0.39, 0.29) is 5.69 Å². The van der Waals surface area contributed by atoms with Crippen LogP contribution in [0.5, 0.6) is 0 Å². The molecule has 21 heavy (non-hydrogen) atoms. The van der Waals surface area contributed by atoms with E-state index >= 15 is 0 Å². The van der Waals surface area contributed by atoms with Gasteiger partial charge in [0.2, 0.25) is 0 Å². The normalized spacial score (nSPS) is 10.8. The van der Waals surface area contributed by atoms with Crippen LogP contribution >= 0.6 is 11.3 Å². The fraction of sp³-hybridized carbons (Fsp3) is 0.500. The van der Waals surface area contributed by atoms with Crippen molar-refractivity contribution in [2.24, 2.45) is 0 Å². The average Bonchev–Trinajstić information content (AvgIpc) is 3.00. The first-order chi connectivity index (χ1) is 10.1. The first-order valence-electron chi connectivity index (χ1n) is 6.99. The van der Waals surface area contributed by atoms with Gasteiger partial charge < -0.3 is 15.0 Å². The number of nitrogen functional groups attached to an aromatic ring is 1. The second-order valence-corrected chi connectivity index (χ2v) is 5.66. The van der Waals surface area contributed by atoms with Crippen molar-refractivity contribution in [3.05, 3.63) is 27.6 Å². The Kier molecular flexibility index (Phi) is 4.95. The first kappa shape index (κ1) is 15.5. The minimum atomic E-state index is -0.465. The SMILES string of the molecule is CCOC(=O)c1nc(CC)n(CCc2csc(C)n2)c1N. The molecule has 2 rings (SSSR count). The predicted octanol–water partition coefficient (Wildman–Crippen LogP) is 2.21. The molecular weight excluding hydrogens is 288 g/mol. The highest BCUT2D eigenvalue weighted by Gasteiger charge is 2.20. The van der Waals surface area contributed by atoms with Gasteiger partial charge in [-0.25, -0.2) is 14.8 Å². The van der Waals surface area contributed by atoms with Crippen LogP contribution in [0.1, 0.15) is 40.9 Å². The molecule has 2 aromatic heterocycles. The van der Waals surface area contributed by atoms with Crippen molar-refractivity contribution >= 4 is 23.1 Å². The molecule has 0 radical (unpaired) electrons. The Labute approximate surface area is 128 Å². The van der Waals surface area contributed by atoms with E-state index in [4.69, 9.17) is 10.5 Å². The summed E-state index contributed by atoms with van der Waals surface area (Å²) in [4.78, 5) is 20.6. The van der Waals surface area contributed by atoms with Crippen molar-refractivity contribution in [2.75, 3.05) is 12.3 Å². The number of esters is 1. The second-order valence-electron chi connectivity index (χ2n) is 4.60. The lowest BCUT2D eigenvalue weighted by Crippen LogP contribution is -2.11. The van der Waals surface area contributed by atoms with Crippen molar-refractivity contribution < 1.29 is 9.53 Å². The predicted molar refractivity (Wildman–Crippen MR) is 82.5 cm³/mol. The Balaban J connectivity index is 2.19. The molecule has 2 heterocycles. The molecule has 2 aromatic rings. The fourth-order valence-corrected chi connectivity index (χ4v) is 2.78. The van der Waals surface area contributed by atoms with Gasteiger partial charge >= 0.3 is 5.97 Å². The van der Waals surface area contributed by atoms with E-state index in [1.54, 1.807) is 18.3 Å². The number of imidazole rings is 1. The van der Waals surface area contributed by atoms with Gasteiger partial charge in [0.1, 0.15) is 11.6 Å². The van der Waals surface area contributed by atoms with E-state index in [1.165, 1.54) is 0 Å². The van der Waals surface area contributed by atoms with Crippen LogP contribution in [-0.4, -0.2) is 27.1 Å². The van der Waals surface area contributed by atoms with Crippen LogP contribution in [0.2, 0.25) is 0 Å². The summed E-state index contributed by atoms with van der Waals surface area (Å²) in [5.41, 5.74) is 7.31. The largest absolute Gasteiger partial charge is 0.461 e. The lowest BCUT2D eigenvalue weighted by atomic mass is 10.3. The molecule has 0 saturated heterocycles. The number of ether oxygens (including phenoxy) is 1. The number of aryl methyl sites for hydroxylation is 3. The summed E-state index contributed by atoms with van der Waals surface area (Å²) in [7, 11) is 0. The zero-order valence-electron chi connectivity index (χ0n) is 12.5. The quantitative estimate of drug-likeness (QED) is 0.827. The molecule has 2 N–H and O–H groups in total. The zero-order valence-corrected chi connectivity index (χ0v) is 13.4. The molecule has 0 aliphatic rings. The lowest BCUT2D eigenvalue weighted by Gasteiger charge is -2.07. The molecule has 0 unspecified atom stereocenters. The molecule has 0 aromatic carbocycles. The van der Waals surface area contributed by atoms with Crippen LogP contribution in [0.4, 0.5) is 5.82 Å². The Morgan fingerprint density at radius 1 is 1.43 bits per heavy atom. The summed E-state index contributed by atoms with van der Waals surface area (Å²) in [6.07, 6.45) is 1.47. The molecule has 0 spiro atoms. The van der Waals surface area contributed by atoms with E-state index in [1.807, 2.05) is 23.8 Å². The van der Waals surface area contributed by atoms with Gasteiger partial charge in [-0.15, -0.1) is 11.3 Å². The van der Waals surface area contributed by atoms with Gasteiger partial charge in [-0.2, -0.15) is 0 Å². The summed E-state index contributed by atoms with van der Waals surface area (Å²) in [6, 6.07) is 0. The van der Waals surface area contributed by atoms with E-state index in [2.05, 4.69) is 9.97 Å². The van der Waals surface area contributed by atoms with Crippen molar-refractivity contribution in [2.45, 2.75) is 40.2 Å². The number of aromatic nitrogens is 3. The van der Waals surface area contributed by atoms with Crippen molar-refractivity contribution in [1.29, 1.82) is 0 Å². The molecule has 0 atom stereocenters. The van der Waals surface area contributed by atoms with Gasteiger partial charge in [-0.1, -0.05) is 6.92 Å². The number of hydrogen-bond acceptors (Lipinski definition) is 6. The number of thiazole rings is 1. The fourth-order valence-electron chi connectivity index (χ4n) is 2.13. The molecule has 7 heteroatoms. The molecule has 0 amide bonds. The van der Waals surface area contributed by atoms with E-state index < -0.39 is 5.97 Å². The third-order valence-electron chi connectivity index (χ3n) is 3.13. The summed E-state index contributed by atoms with van der Waals surface area (Å²) >= 11 is 1.63. The lowest BCUT2D eigenvalue weighted by molar-refractivity contribution is 0.0521. The highest BCUT2D eigenvalue weighted by atomic mass is 32.1. The van der Waals surface area contributed by atoms with Crippen LogP contribution in [0.3, 0.4) is 0 Å². The number of carbonyl (C=O) groups excluding carboxylic acids is 1. The van der Waals surface area contributed by atoms with Gasteiger partial charge in [-0.05, 0) is 13.8 Å². The standard InChI is InChI=1S/C14H20N4O2S/c1-4-11-17-12(14(19)20-5-2)13(15)18(11)7-6-10-8-21-9(3)16-10/h8H,4-7,15H2,1-3H3. The number of nitrogens with zero attached hydrogens (tertiary/aromatic N) is 3. The minimum absolute atomic E-state index is 0.211. The monoisotopic (exact) mass is 308 g/mol. The number of rotatable bonds is 6. The highest BCUT2D eigenvalue weighted by Crippen LogP contribution is 2.18. The number of anilines is 1. The van der Waals surface area contributed by atoms with Crippen molar-refractivity contribution in [3.8, 4) is 0 Å². The third kappa shape index (κ3) is 3.41. The van der Waals surface area contributed by atoms with Gasteiger partial charge in [0.15, 0.2) is 5.69 Å². The topological polar surface area (TPSA) is 83.0 Å². The van der Waals surface area contributed by atoms with Crippen LogP contribution in [0.25, 0.3) is 0 Å². The van der Waals surface area contributed by atoms with Crippen LogP contribution in [0, 0.1) is 6.92 Å². The summed E-state index contributed by atoms with van der Waals surface area (Å²) in [5, 5.41) is 3.09. The molecular formula is C14H20N4O2S. The third-order valence-corrected chi connectivity index (χ3v) is 3.95. The zero-order chi connectivity index (χ0) is 15.4. The molecule has 6 nitrogen and oxygen atoms in total. The number of carbonyl (C=O) groups is 1. The molecule has 0 bridgehead atoms. The van der Waals surface area contributed by atoms with Crippen molar-refractivity contribution in [3.63, 3.8) is 0 Å². The van der Waals surface area contributed by atoms with Gasteiger partial charge in [0, 0.05) is 24.8 Å². The smallest absolute Gasteiger partial charge is 0.360 e. The van der Waals surface area contributed by atoms with Crippen LogP contribution in [-0.2, 0) is 24.1 Å². The summed E-state index contributed by atoms with van der Waals surface area (Å²) in [5.74, 6) is 0.702. The van der Waals surface area contributed by atoms with E-state index in [9.17, 15) is 4.79 Å². The molecule has 0 fully saturated rings. The molecule has 114 valence electrons. The Morgan fingerprint density at radius 2 is 2.19 bits per heavy atom.